The fraction of sp³-hybridized carbons (Fsp3) is 0.657. The van der Waals surface area contributed by atoms with Crippen LogP contribution in [0.5, 0.6) is 0 Å². The van der Waals surface area contributed by atoms with Gasteiger partial charge in [-0.05, 0) is 251 Å². The lowest BCUT2D eigenvalue weighted by atomic mass is 9.80. The van der Waals surface area contributed by atoms with E-state index in [2.05, 4.69) is 121 Å². The predicted molar refractivity (Wildman–Crippen MR) is 513 cm³/mol. The van der Waals surface area contributed by atoms with E-state index >= 15 is 0 Å². The van der Waals surface area contributed by atoms with Gasteiger partial charge in [0, 0.05) is 217 Å². The Hall–Kier alpha value is -7.22. The van der Waals surface area contributed by atoms with Crippen molar-refractivity contribution in [3.63, 3.8) is 0 Å². The summed E-state index contributed by atoms with van der Waals surface area (Å²) in [5, 5.41) is 21.6. The SMILES string of the molecule is NCCCCN(C[C@H]1CN(CC[C@H](CC(=O)C2CCC(F)(F)CC2)c2ccccc2)CCN1)[C@H]1CCCc2cccnc21.NCCCCN(Cc1ccccn1)C[C@H]1CN(CC[C@H](NC(=O)C2CCC(F)(F)CC2)c2ccccc2)CCN1.O=C(N[C@@H](CCN1CCNC(CN(CCCCNC2CCOCC2)[C@H]2CCCc3cccnc32)C1)c1ccccc1)C1CCC(F)(F)CC1. The number of rotatable bonds is 43. The van der Waals surface area contributed by atoms with Gasteiger partial charge in [0.1, 0.15) is 5.78 Å². The lowest BCUT2D eigenvalue weighted by Crippen LogP contribution is -2.56. The van der Waals surface area contributed by atoms with Crippen molar-refractivity contribution in [2.75, 3.05) is 151 Å². The largest absolute Gasteiger partial charge is 0.381 e. The number of Topliss-reactive ketones (excluding diaryl/α,β-unsaturated/α-hetero) is 1. The molecular weight excluding hydrogens is 1680 g/mol. The summed E-state index contributed by atoms with van der Waals surface area (Å²) in [5.41, 5.74) is 21.3. The van der Waals surface area contributed by atoms with Gasteiger partial charge in [-0.15, -0.1) is 0 Å². The van der Waals surface area contributed by atoms with Gasteiger partial charge in [0.05, 0.1) is 41.2 Å². The Morgan fingerprint density at radius 1 is 0.462 bits per heavy atom. The highest BCUT2D eigenvalue weighted by molar-refractivity contribution is 5.82. The number of nitrogens with one attached hydrogen (secondary N) is 6. The molecule has 1 unspecified atom stereocenters. The number of alkyl halides is 6. The van der Waals surface area contributed by atoms with Crippen LogP contribution < -0.4 is 43.4 Å². The van der Waals surface area contributed by atoms with Gasteiger partial charge in [-0.3, -0.25) is 44.0 Å². The number of ketones is 1. The van der Waals surface area contributed by atoms with Crippen molar-refractivity contribution in [2.45, 2.75) is 271 Å². The number of aromatic nitrogens is 3. The third-order valence-corrected chi connectivity index (χ3v) is 29.5. The highest BCUT2D eigenvalue weighted by atomic mass is 19.3. The quantitative estimate of drug-likeness (QED) is 0.0131. The number of amides is 2. The lowest BCUT2D eigenvalue weighted by Gasteiger charge is -2.41. The number of unbranched alkanes of at least 4 members (excludes halogenated alkanes) is 3. The second-order valence-electron chi connectivity index (χ2n) is 39.3. The minimum absolute atomic E-state index is 0.0810. The summed E-state index contributed by atoms with van der Waals surface area (Å²) in [7, 11) is 0. The van der Waals surface area contributed by atoms with Crippen LogP contribution in [-0.2, 0) is 38.5 Å². The van der Waals surface area contributed by atoms with Crippen LogP contribution in [0.2, 0.25) is 0 Å². The summed E-state index contributed by atoms with van der Waals surface area (Å²) in [6, 6.07) is 47.2. The van der Waals surface area contributed by atoms with Crippen LogP contribution in [0.25, 0.3) is 0 Å². The van der Waals surface area contributed by atoms with Gasteiger partial charge in [0.25, 0.3) is 0 Å². The van der Waals surface area contributed by atoms with E-state index in [0.29, 0.717) is 62.1 Å². The Balaban J connectivity index is 0.000000169. The van der Waals surface area contributed by atoms with Crippen LogP contribution in [0.4, 0.5) is 26.3 Å². The maximum absolute atomic E-state index is 13.8. The van der Waals surface area contributed by atoms with Crippen LogP contribution in [0, 0.1) is 17.8 Å². The van der Waals surface area contributed by atoms with E-state index < -0.39 is 17.8 Å². The van der Waals surface area contributed by atoms with E-state index in [9.17, 15) is 40.7 Å². The summed E-state index contributed by atoms with van der Waals surface area (Å²) in [5.74, 6) is -8.66. The second kappa shape index (κ2) is 53.5. The van der Waals surface area contributed by atoms with Crippen molar-refractivity contribution in [3.05, 3.63) is 197 Å². The van der Waals surface area contributed by atoms with E-state index in [0.717, 1.165) is 264 Å². The van der Waals surface area contributed by atoms with Crippen molar-refractivity contribution < 1.29 is 45.5 Å². The zero-order chi connectivity index (χ0) is 92.2. The van der Waals surface area contributed by atoms with E-state index in [1.54, 1.807) is 0 Å². The third kappa shape index (κ3) is 33.3. The molecule has 10 N–H and O–H groups in total. The fourth-order valence-corrected chi connectivity index (χ4v) is 21.8. The Labute approximate surface area is 783 Å². The number of halogens is 6. The van der Waals surface area contributed by atoms with Crippen LogP contribution in [-0.4, -0.2) is 255 Å². The normalized spacial score (nSPS) is 23.1. The molecule has 9 aliphatic rings. The molecule has 3 saturated carbocycles. The van der Waals surface area contributed by atoms with Gasteiger partial charge in [-0.1, -0.05) is 109 Å². The van der Waals surface area contributed by atoms with Crippen molar-refractivity contribution in [1.29, 1.82) is 0 Å². The number of benzene rings is 3. The minimum atomic E-state index is -2.64. The van der Waals surface area contributed by atoms with E-state index in [1.165, 1.54) is 40.9 Å². The number of hydrogen-bond acceptors (Lipinski definition) is 19. The van der Waals surface area contributed by atoms with Crippen molar-refractivity contribution in [2.24, 2.45) is 29.2 Å². The number of nitrogens with zero attached hydrogens (tertiary/aromatic N) is 9. The monoisotopic (exact) mass is 1830 g/mol. The van der Waals surface area contributed by atoms with Gasteiger partial charge < -0.3 is 62.8 Å². The molecule has 7 heterocycles. The number of hydrogen-bond donors (Lipinski definition) is 8. The molecule has 132 heavy (non-hydrogen) atoms. The van der Waals surface area contributed by atoms with Gasteiger partial charge >= 0.3 is 0 Å². The van der Waals surface area contributed by atoms with Gasteiger partial charge in [-0.2, -0.15) is 0 Å². The zero-order valence-electron chi connectivity index (χ0n) is 78.6. The molecule has 0 bridgehead atoms. The van der Waals surface area contributed by atoms with Gasteiger partial charge in [0.15, 0.2) is 0 Å². The van der Waals surface area contributed by atoms with Crippen molar-refractivity contribution in [3.8, 4) is 0 Å². The molecule has 8 atom stereocenters. The predicted octanol–water partition coefficient (Wildman–Crippen LogP) is 15.4. The smallest absolute Gasteiger partial charge is 0.248 e. The number of aryl methyl sites for hydroxylation is 2. The standard InChI is InChI=1S/C39H58F2N6O2.C35H51F2N5O.C31H46F2N6O/c40-39(41)18-13-32(14-19-39)38(48)45-35(30-8-2-1-3-9-30)15-24-46-25-22-43-34(28-46)29-47(23-5-4-20-42-33-16-26-49-27-17-33)36-12-6-10-31-11-7-21-44-37(31)36;36-35(37)16-13-28(14-17-35)33(43)24-30(27-8-2-1-3-9-27)15-22-41-23-20-39-31(25-41)26-42(21-5-4-18-38)32-12-6-10-29-11-7-19-40-34(29)32;32-31(33)14-11-26(12-15-31)30(40)37-29(25-8-2-1-3-9-25)13-20-38-21-18-36-28(23-38)24-39(19-7-5-16-34)22-27-10-4-6-17-35-27/h1-3,7-9,11,21,32-36,42-43H,4-6,10,12-20,22-29H2,(H,45,48);1-3,7-9,11,19,28,30-32,39H,4-6,10,12-18,20-26,38H2;1-4,6,8-10,17,26,28-29,36H,5,7,11-16,18-24,34H2,(H,37,40)/t34?,35-,36-;30-,31-,32+;28-,29+/m011/s1. The van der Waals surface area contributed by atoms with Gasteiger partial charge in [-0.25, -0.2) is 26.3 Å². The summed E-state index contributed by atoms with van der Waals surface area (Å²) in [4.78, 5) is 69.3. The number of pyridine rings is 3. The molecule has 21 nitrogen and oxygen atoms in total. The summed E-state index contributed by atoms with van der Waals surface area (Å²) < 4.78 is 87.8. The first-order valence-electron chi connectivity index (χ1n) is 50.7. The Kier molecular flexibility index (Phi) is 41.4. The third-order valence-electron chi connectivity index (χ3n) is 29.5. The maximum atomic E-state index is 13.8. The van der Waals surface area contributed by atoms with E-state index in [-0.39, 0.29) is 118 Å². The number of nitrogens with two attached hydrogens (primary N) is 2. The molecule has 3 aromatic carbocycles. The van der Waals surface area contributed by atoms with Gasteiger partial charge in [0.2, 0.25) is 29.6 Å². The molecule has 3 aromatic heterocycles. The van der Waals surface area contributed by atoms with Crippen molar-refractivity contribution >= 4 is 17.6 Å². The molecule has 5 aliphatic carbocycles. The Morgan fingerprint density at radius 3 is 1.35 bits per heavy atom. The maximum Gasteiger partial charge on any atom is 0.248 e. The Morgan fingerprint density at radius 2 is 0.886 bits per heavy atom. The molecule has 6 aromatic rings. The molecule has 15 rings (SSSR count). The zero-order valence-corrected chi connectivity index (χ0v) is 78.6. The number of fused-ring (bicyclic) bond motifs is 2. The molecule has 4 aliphatic heterocycles. The average molecular weight is 1830 g/mol. The first kappa shape index (κ1) is 102. The highest BCUT2D eigenvalue weighted by Gasteiger charge is 2.42. The molecular formula is C105H155F6N17O4. The second-order valence-corrected chi connectivity index (χ2v) is 39.3. The first-order chi connectivity index (χ1) is 64.3. The minimum Gasteiger partial charge on any atom is -0.381 e. The van der Waals surface area contributed by atoms with Crippen LogP contribution in [0.1, 0.15) is 255 Å². The molecule has 2 amide bonds. The topological polar surface area (TPSA) is 243 Å². The summed E-state index contributed by atoms with van der Waals surface area (Å²) in [6.45, 7) is 22.3. The Bertz CT molecular complexity index is 4280. The highest BCUT2D eigenvalue weighted by Crippen LogP contribution is 2.42. The van der Waals surface area contributed by atoms with Crippen LogP contribution in [0.3, 0.4) is 0 Å². The first-order valence-corrected chi connectivity index (χ1v) is 50.7. The van der Waals surface area contributed by atoms with E-state index in [4.69, 9.17) is 26.2 Å². The van der Waals surface area contributed by atoms with Crippen molar-refractivity contribution in [1.82, 2.24) is 76.3 Å². The summed E-state index contributed by atoms with van der Waals surface area (Å²) >= 11 is 0. The van der Waals surface area contributed by atoms with Crippen LogP contribution in [0.15, 0.2) is 152 Å². The molecule has 0 radical (unpaired) electrons. The average Bonchev–Trinajstić information content (AvgIpc) is 0.813. The fourth-order valence-electron chi connectivity index (χ4n) is 21.8. The number of carbonyl (C=O) groups excluding carboxylic acids is 3. The molecule has 0 spiro atoms. The number of ether oxygens (including phenoxy) is 1. The molecule has 726 valence electrons. The lowest BCUT2D eigenvalue weighted by molar-refractivity contribution is -0.131. The molecule has 27 heteroatoms. The van der Waals surface area contributed by atoms with Crippen LogP contribution >= 0.6 is 0 Å². The summed E-state index contributed by atoms with van der Waals surface area (Å²) in [6.07, 6.45) is 24.8. The van der Waals surface area contributed by atoms with E-state index in [1.807, 2.05) is 97.5 Å². The molecule has 7 fully saturated rings. The number of piperazine rings is 3. The molecule has 4 saturated heterocycles. The number of carbonyl (C=O) groups is 3.